The fourth-order valence-electron chi connectivity index (χ4n) is 4.74. The summed E-state index contributed by atoms with van der Waals surface area (Å²) >= 11 is 0. The summed E-state index contributed by atoms with van der Waals surface area (Å²) in [6.07, 6.45) is -1.07. The molecule has 2 N–H and O–H groups in total. The van der Waals surface area contributed by atoms with Crippen molar-refractivity contribution in [3.63, 3.8) is 0 Å². The van der Waals surface area contributed by atoms with Crippen molar-refractivity contribution in [1.29, 1.82) is 0 Å². The molecule has 0 aromatic heterocycles. The predicted octanol–water partition coefficient (Wildman–Crippen LogP) is 1.55. The van der Waals surface area contributed by atoms with Gasteiger partial charge >= 0.3 is 0 Å². The van der Waals surface area contributed by atoms with Crippen LogP contribution < -0.4 is 9.47 Å². The normalized spacial score (nSPS) is 20.1. The standard InChI is InChI=1S/C28H46N4O4/c1-23(2)17-29-9-13-31(14-10-29)19-25(33)21-35-27-5-7-28(8-6-27)36-22-26(34)20-32-15-11-30(12-16-32)18-24(3)4/h5-8,25-26,33-34H,1,3,9-22H2,2,4H3. The number of ether oxygens (including phenoxy) is 2. The Morgan fingerprint density at radius 2 is 0.972 bits per heavy atom. The van der Waals surface area contributed by atoms with Crippen LogP contribution >= 0.6 is 0 Å². The van der Waals surface area contributed by atoms with Gasteiger partial charge in [0.15, 0.2) is 0 Å². The Morgan fingerprint density at radius 1 is 0.667 bits per heavy atom. The third-order valence-electron chi connectivity index (χ3n) is 6.56. The second-order valence-electron chi connectivity index (χ2n) is 10.5. The van der Waals surface area contributed by atoms with Crippen LogP contribution in [0.1, 0.15) is 13.8 Å². The third-order valence-corrected chi connectivity index (χ3v) is 6.56. The fourth-order valence-corrected chi connectivity index (χ4v) is 4.74. The van der Waals surface area contributed by atoms with Gasteiger partial charge in [0.05, 0.1) is 0 Å². The largest absolute Gasteiger partial charge is 0.491 e. The molecular weight excluding hydrogens is 456 g/mol. The molecule has 2 aliphatic heterocycles. The smallest absolute Gasteiger partial charge is 0.119 e. The molecule has 0 radical (unpaired) electrons. The summed E-state index contributed by atoms with van der Waals surface area (Å²) in [6.45, 7) is 23.6. The summed E-state index contributed by atoms with van der Waals surface area (Å²) in [5.74, 6) is 1.39. The van der Waals surface area contributed by atoms with Crippen molar-refractivity contribution in [1.82, 2.24) is 19.6 Å². The lowest BCUT2D eigenvalue weighted by Gasteiger charge is -2.35. The molecule has 2 fully saturated rings. The molecule has 0 spiro atoms. The van der Waals surface area contributed by atoms with Crippen LogP contribution in [-0.4, -0.2) is 134 Å². The van der Waals surface area contributed by atoms with Crippen LogP contribution in [0.4, 0.5) is 0 Å². The first kappa shape index (κ1) is 28.6. The fraction of sp³-hybridized carbons (Fsp3) is 0.643. The molecule has 8 nitrogen and oxygen atoms in total. The Labute approximate surface area is 217 Å². The van der Waals surface area contributed by atoms with Crippen LogP contribution in [-0.2, 0) is 0 Å². The van der Waals surface area contributed by atoms with Crippen molar-refractivity contribution in [2.75, 3.05) is 91.8 Å². The van der Waals surface area contributed by atoms with Crippen LogP contribution in [0.15, 0.2) is 48.6 Å². The number of aliphatic hydroxyl groups is 2. The van der Waals surface area contributed by atoms with Crippen LogP contribution in [0.2, 0.25) is 0 Å². The summed E-state index contributed by atoms with van der Waals surface area (Å²) < 4.78 is 11.6. The van der Waals surface area contributed by atoms with E-state index in [-0.39, 0.29) is 13.2 Å². The van der Waals surface area contributed by atoms with Crippen molar-refractivity contribution < 1.29 is 19.7 Å². The van der Waals surface area contributed by atoms with E-state index >= 15 is 0 Å². The molecule has 2 heterocycles. The molecule has 2 atom stereocenters. The SMILES string of the molecule is C=C(C)CN1CCN(CC(O)COc2ccc(OCC(O)CN3CCN(CC(=C)C)CC3)cc2)CC1. The number of piperazine rings is 2. The molecule has 0 saturated carbocycles. The summed E-state index contributed by atoms with van der Waals surface area (Å²) in [4.78, 5) is 9.37. The van der Waals surface area contributed by atoms with Gasteiger partial charge in [-0.1, -0.05) is 24.3 Å². The molecule has 2 unspecified atom stereocenters. The maximum Gasteiger partial charge on any atom is 0.119 e. The zero-order chi connectivity index (χ0) is 25.9. The van der Waals surface area contributed by atoms with E-state index in [0.717, 1.165) is 65.4 Å². The van der Waals surface area contributed by atoms with Crippen LogP contribution in [0, 0.1) is 0 Å². The van der Waals surface area contributed by atoms with Crippen LogP contribution in [0.3, 0.4) is 0 Å². The Morgan fingerprint density at radius 3 is 1.28 bits per heavy atom. The Hall–Kier alpha value is -1.94. The molecule has 2 aliphatic rings. The van der Waals surface area contributed by atoms with Gasteiger partial charge in [-0.15, -0.1) is 0 Å². The zero-order valence-electron chi connectivity index (χ0n) is 22.3. The maximum atomic E-state index is 10.4. The van der Waals surface area contributed by atoms with E-state index in [4.69, 9.17) is 9.47 Å². The molecule has 2 saturated heterocycles. The number of hydrogen-bond donors (Lipinski definition) is 2. The molecule has 202 valence electrons. The predicted molar refractivity (Wildman–Crippen MR) is 145 cm³/mol. The maximum absolute atomic E-state index is 10.4. The molecule has 3 rings (SSSR count). The molecular formula is C28H46N4O4. The van der Waals surface area contributed by atoms with Crippen LogP contribution in [0.5, 0.6) is 11.5 Å². The first-order chi connectivity index (χ1) is 17.3. The minimum absolute atomic E-state index is 0.254. The Balaban J connectivity index is 1.28. The van der Waals surface area contributed by atoms with E-state index in [2.05, 4.69) is 46.6 Å². The second kappa shape index (κ2) is 14.7. The summed E-state index contributed by atoms with van der Waals surface area (Å²) in [5.41, 5.74) is 2.38. The van der Waals surface area contributed by atoms with Gasteiger partial charge in [-0.25, -0.2) is 0 Å². The molecule has 8 heteroatoms. The van der Waals surface area contributed by atoms with E-state index < -0.39 is 12.2 Å². The molecule has 0 amide bonds. The van der Waals surface area contributed by atoms with Crippen LogP contribution in [0.25, 0.3) is 0 Å². The second-order valence-corrected chi connectivity index (χ2v) is 10.5. The summed E-state index contributed by atoms with van der Waals surface area (Å²) in [7, 11) is 0. The summed E-state index contributed by atoms with van der Waals surface area (Å²) in [6, 6.07) is 7.36. The van der Waals surface area contributed by atoms with Gasteiger partial charge < -0.3 is 19.7 Å². The zero-order valence-corrected chi connectivity index (χ0v) is 22.3. The minimum Gasteiger partial charge on any atom is -0.491 e. The monoisotopic (exact) mass is 502 g/mol. The van der Waals surface area contributed by atoms with Gasteiger partial charge in [0.2, 0.25) is 0 Å². The number of β-amino-alcohol motifs (C(OH)–C–C–N with tert-alkyl or cyclic N) is 2. The van der Waals surface area contributed by atoms with E-state index in [1.807, 2.05) is 24.3 Å². The molecule has 1 aromatic carbocycles. The highest BCUT2D eigenvalue weighted by Gasteiger charge is 2.20. The lowest BCUT2D eigenvalue weighted by molar-refractivity contribution is 0.0468. The Kier molecular flexibility index (Phi) is 11.7. The Bertz CT molecular complexity index is 735. The molecule has 1 aromatic rings. The number of nitrogens with zero attached hydrogens (tertiary/aromatic N) is 4. The number of aliphatic hydroxyl groups excluding tert-OH is 2. The van der Waals surface area contributed by atoms with Crippen molar-refractivity contribution >= 4 is 0 Å². The van der Waals surface area contributed by atoms with E-state index in [1.54, 1.807) is 0 Å². The molecule has 0 bridgehead atoms. The number of hydrogen-bond acceptors (Lipinski definition) is 8. The lowest BCUT2D eigenvalue weighted by Crippen LogP contribution is -2.49. The van der Waals surface area contributed by atoms with Gasteiger partial charge in [-0.2, -0.15) is 0 Å². The number of benzene rings is 1. The lowest BCUT2D eigenvalue weighted by atomic mass is 10.2. The highest BCUT2D eigenvalue weighted by molar-refractivity contribution is 5.31. The third kappa shape index (κ3) is 10.6. The highest BCUT2D eigenvalue weighted by atomic mass is 16.5. The molecule has 0 aliphatic carbocycles. The first-order valence-corrected chi connectivity index (χ1v) is 13.2. The van der Waals surface area contributed by atoms with Gasteiger partial charge in [0, 0.05) is 78.5 Å². The number of rotatable bonds is 14. The average molecular weight is 503 g/mol. The van der Waals surface area contributed by atoms with Crippen molar-refractivity contribution in [3.8, 4) is 11.5 Å². The van der Waals surface area contributed by atoms with E-state index in [1.165, 1.54) is 11.1 Å². The quantitative estimate of drug-likeness (QED) is 0.372. The molecule has 36 heavy (non-hydrogen) atoms. The summed E-state index contributed by atoms with van der Waals surface area (Å²) in [5, 5.41) is 20.8. The van der Waals surface area contributed by atoms with Gasteiger partial charge in [0.25, 0.3) is 0 Å². The topological polar surface area (TPSA) is 71.9 Å². The van der Waals surface area contributed by atoms with Crippen molar-refractivity contribution in [3.05, 3.63) is 48.6 Å². The first-order valence-electron chi connectivity index (χ1n) is 13.2. The van der Waals surface area contributed by atoms with Gasteiger partial charge in [-0.3, -0.25) is 19.6 Å². The van der Waals surface area contributed by atoms with Crippen molar-refractivity contribution in [2.45, 2.75) is 26.1 Å². The van der Waals surface area contributed by atoms with Gasteiger partial charge in [-0.05, 0) is 38.1 Å². The highest BCUT2D eigenvalue weighted by Crippen LogP contribution is 2.18. The van der Waals surface area contributed by atoms with Crippen molar-refractivity contribution in [2.24, 2.45) is 0 Å². The van der Waals surface area contributed by atoms with Gasteiger partial charge in [0.1, 0.15) is 36.9 Å². The minimum atomic E-state index is -0.536. The average Bonchev–Trinajstić information content (AvgIpc) is 2.84. The van der Waals surface area contributed by atoms with E-state index in [9.17, 15) is 10.2 Å². The van der Waals surface area contributed by atoms with E-state index in [0.29, 0.717) is 24.6 Å².